The summed E-state index contributed by atoms with van der Waals surface area (Å²) in [7, 11) is -22.5. The number of nitrogens with zero attached hydrogens (tertiary/aromatic N) is 9. The molecule has 0 aliphatic carbocycles. The van der Waals surface area contributed by atoms with Crippen LogP contribution < -0.4 is 52.3 Å². The molecule has 9 heterocycles. The summed E-state index contributed by atoms with van der Waals surface area (Å²) in [5.41, 5.74) is 8.38. The second kappa shape index (κ2) is 22.0. The number of imidazole rings is 3. The van der Waals surface area contributed by atoms with Crippen LogP contribution in [0.2, 0.25) is 0 Å². The summed E-state index contributed by atoms with van der Waals surface area (Å²) in [4.78, 5) is 117. The van der Waals surface area contributed by atoms with E-state index >= 15 is 0 Å². The van der Waals surface area contributed by atoms with Gasteiger partial charge in [0.15, 0.2) is 41.1 Å². The maximum Gasteiger partial charge on any atom is 0.313 e. The van der Waals surface area contributed by atoms with Gasteiger partial charge in [0.2, 0.25) is 17.7 Å². The van der Waals surface area contributed by atoms with Crippen LogP contribution in [0.3, 0.4) is 0 Å². The zero-order chi connectivity index (χ0) is 57.4. The molecule has 6 aromatic heterocycles. The van der Waals surface area contributed by atoms with Crippen molar-refractivity contribution in [3.8, 4) is 0 Å². The van der Waals surface area contributed by atoms with Crippen LogP contribution in [0, 0.1) is 6.92 Å². The maximum absolute atomic E-state index is 13.8. The summed E-state index contributed by atoms with van der Waals surface area (Å²) in [5.74, 6) is -0.562. The third kappa shape index (κ3) is 12.1. The van der Waals surface area contributed by atoms with Gasteiger partial charge in [-0.25, -0.2) is 28.1 Å². The van der Waals surface area contributed by atoms with E-state index in [4.69, 9.17) is 48.7 Å². The van der Waals surface area contributed by atoms with Gasteiger partial charge < -0.3 is 93.1 Å². The van der Waals surface area contributed by atoms with Crippen molar-refractivity contribution in [3.05, 3.63) is 55.9 Å². The van der Waals surface area contributed by atoms with Crippen LogP contribution in [0.4, 0.5) is 11.9 Å². The minimum atomic E-state index is -6.61. The minimum Gasteiger partial charge on any atom is -0.756 e. The number of nitrogens with one attached hydrogen (secondary N) is 3. The predicted molar refractivity (Wildman–Crippen MR) is 247 cm³/mol. The average molecular weight is 1200 g/mol. The molecule has 79 heavy (non-hydrogen) atoms. The lowest BCUT2D eigenvalue weighted by Gasteiger charge is -2.35. The fraction of sp³-hybridized carbons (Fsp3) is 0.583. The topological polar surface area (TPSA) is 556 Å². The molecule has 3 saturated heterocycles. The lowest BCUT2D eigenvalue weighted by atomic mass is 10.1. The van der Waals surface area contributed by atoms with Crippen molar-refractivity contribution in [1.29, 1.82) is 0 Å². The van der Waals surface area contributed by atoms with E-state index in [9.17, 15) is 67.5 Å². The van der Waals surface area contributed by atoms with Crippen molar-refractivity contribution in [2.24, 2.45) is 7.05 Å². The number of aromatic amines is 3. The van der Waals surface area contributed by atoms with Crippen molar-refractivity contribution in [2.45, 2.75) is 100 Å². The molecule has 0 amide bonds. The SMILES string of the molecule is COC1[C@@H](OP(=O)([O-])OC[C@H]2O[C@@H](n3cnc4c(=O)[nH]c(C)nc43)C(O)[C@H]2OC(C)C)[C@@H](COP(=O)([O-])OP(=O)([O-])OP(=O)([O-])OC[C@H]2O[C@@H]([n+]3cn(C)c4c(=O)[nH]c(N)nc43)C(O)[C@H]2O)O[C@H]1n1cnc2c(=O)[nH]c(N)nc21. The Hall–Kier alpha value is -5.15. The predicted octanol–water partition coefficient (Wildman–Crippen LogP) is -5.79. The molecule has 0 spiro atoms. The highest BCUT2D eigenvalue weighted by atomic mass is 31.3. The molecule has 16 atom stereocenters. The lowest BCUT2D eigenvalue weighted by Crippen LogP contribution is -2.46. The van der Waals surface area contributed by atoms with Crippen molar-refractivity contribution in [1.82, 2.24) is 53.6 Å². The number of nitrogens with two attached hydrogens (primary N) is 2. The van der Waals surface area contributed by atoms with E-state index in [1.54, 1.807) is 13.8 Å². The van der Waals surface area contributed by atoms with Crippen LogP contribution in [0.15, 0.2) is 33.4 Å². The Morgan fingerprint density at radius 3 is 1.85 bits per heavy atom. The molecular weight excluding hydrogens is 1150 g/mol. The van der Waals surface area contributed by atoms with E-state index in [2.05, 4.69) is 53.0 Å². The molecule has 9 rings (SSSR count). The molecule has 3 aliphatic heterocycles. The summed E-state index contributed by atoms with van der Waals surface area (Å²) in [6.07, 6.45) is -17.4. The van der Waals surface area contributed by atoms with Gasteiger partial charge in [-0.2, -0.15) is 4.98 Å². The number of methoxy groups -OCH3 is 1. The number of aryl methyl sites for hydroxylation is 2. The first-order valence-electron chi connectivity index (χ1n) is 22.9. The number of ether oxygens (including phenoxy) is 5. The van der Waals surface area contributed by atoms with Crippen molar-refractivity contribution >= 4 is 76.7 Å². The molecule has 434 valence electrons. The van der Waals surface area contributed by atoms with Gasteiger partial charge in [0.1, 0.15) is 60.8 Å². The number of phosphoric acid groups is 4. The van der Waals surface area contributed by atoms with E-state index in [-0.39, 0.29) is 45.3 Å². The monoisotopic (exact) mass is 1200 g/mol. The van der Waals surface area contributed by atoms with Crippen LogP contribution >= 0.6 is 31.3 Å². The number of hydrogen-bond donors (Lipinski definition) is 8. The van der Waals surface area contributed by atoms with Gasteiger partial charge in [-0.3, -0.25) is 56.3 Å². The van der Waals surface area contributed by atoms with E-state index < -0.39 is 153 Å². The summed E-state index contributed by atoms with van der Waals surface area (Å²) in [6, 6.07) is 0. The first-order chi connectivity index (χ1) is 37.0. The van der Waals surface area contributed by atoms with E-state index in [0.717, 1.165) is 28.9 Å². The van der Waals surface area contributed by atoms with E-state index in [1.807, 2.05) is 0 Å². The van der Waals surface area contributed by atoms with E-state index in [0.29, 0.717) is 0 Å². The van der Waals surface area contributed by atoms with Gasteiger partial charge in [-0.1, -0.05) is 4.98 Å². The molecular formula is C36H47N14O25P4-3. The quantitative estimate of drug-likeness (QED) is 0.0246. The lowest BCUT2D eigenvalue weighted by molar-refractivity contribution is -0.745. The summed E-state index contributed by atoms with van der Waals surface area (Å²) in [6.45, 7) is 1.07. The van der Waals surface area contributed by atoms with Gasteiger partial charge in [0, 0.05) is 7.11 Å². The maximum atomic E-state index is 13.8. The number of aliphatic hydroxyl groups is 3. The molecule has 0 aromatic carbocycles. The molecule has 7 unspecified atom stereocenters. The van der Waals surface area contributed by atoms with Crippen molar-refractivity contribution in [2.75, 3.05) is 38.4 Å². The zero-order valence-electron chi connectivity index (χ0n) is 41.2. The Balaban J connectivity index is 0.887. The molecule has 39 nitrogen and oxygen atoms in total. The number of hydrogen-bond acceptors (Lipinski definition) is 32. The molecule has 0 saturated carbocycles. The first kappa shape index (κ1) is 58.5. The van der Waals surface area contributed by atoms with E-state index in [1.165, 1.54) is 29.4 Å². The molecule has 3 fully saturated rings. The number of nitrogen functional groups attached to an aromatic ring is 2. The second-order valence-corrected chi connectivity index (χ2v) is 23.8. The Kier molecular flexibility index (Phi) is 16.3. The molecule has 0 bridgehead atoms. The molecule has 6 aromatic rings. The normalized spacial score (nSPS) is 29.6. The van der Waals surface area contributed by atoms with Gasteiger partial charge in [-0.05, 0) is 20.8 Å². The highest BCUT2D eigenvalue weighted by Gasteiger charge is 2.52. The summed E-state index contributed by atoms with van der Waals surface area (Å²) < 4.78 is 114. The zero-order valence-corrected chi connectivity index (χ0v) is 44.7. The number of H-pyrrole nitrogens is 3. The Labute approximate surface area is 439 Å². The fourth-order valence-electron chi connectivity index (χ4n) is 8.89. The van der Waals surface area contributed by atoms with Crippen LogP contribution in [0.25, 0.3) is 33.5 Å². The van der Waals surface area contributed by atoms with Crippen molar-refractivity contribution < 1.29 is 108 Å². The molecule has 43 heteroatoms. The van der Waals surface area contributed by atoms with Gasteiger partial charge in [-0.15, -0.1) is 0 Å². The molecule has 3 aliphatic rings. The Morgan fingerprint density at radius 1 is 0.696 bits per heavy atom. The fourth-order valence-corrected chi connectivity index (χ4v) is 13.2. The Bertz CT molecular complexity index is 3660. The minimum absolute atomic E-state index is 0.00181. The van der Waals surface area contributed by atoms with Crippen LogP contribution in [-0.4, -0.2) is 157 Å². The Morgan fingerprint density at radius 2 is 1.23 bits per heavy atom. The number of aliphatic hydroxyl groups excluding tert-OH is 3. The molecule has 0 radical (unpaired) electrons. The summed E-state index contributed by atoms with van der Waals surface area (Å²) in [5, 5.41) is 32.9. The third-order valence-electron chi connectivity index (χ3n) is 12.1. The average Bonchev–Trinajstić information content (AvgIpc) is 4.38. The highest BCUT2D eigenvalue weighted by molar-refractivity contribution is 7.65. The van der Waals surface area contributed by atoms with Gasteiger partial charge in [0.25, 0.3) is 53.9 Å². The number of anilines is 2. The number of aromatic nitrogens is 12. The number of phosphoric ester groups is 3. The number of fused-ring (bicyclic) bond motifs is 3. The largest absolute Gasteiger partial charge is 0.756 e. The highest BCUT2D eigenvalue weighted by Crippen LogP contribution is 2.63. The van der Waals surface area contributed by atoms with Gasteiger partial charge in [0.05, 0.1) is 45.6 Å². The van der Waals surface area contributed by atoms with Gasteiger partial charge >= 0.3 is 5.65 Å². The summed E-state index contributed by atoms with van der Waals surface area (Å²) >= 11 is 0. The second-order valence-electron chi connectivity index (χ2n) is 17.9. The van der Waals surface area contributed by atoms with Crippen LogP contribution in [0.5, 0.6) is 0 Å². The number of rotatable bonds is 21. The third-order valence-corrected chi connectivity index (χ3v) is 17.2. The van der Waals surface area contributed by atoms with Crippen LogP contribution in [-0.2, 0) is 75.7 Å². The van der Waals surface area contributed by atoms with Crippen LogP contribution in [0.1, 0.15) is 38.4 Å². The first-order valence-corrected chi connectivity index (χ1v) is 28.7. The van der Waals surface area contributed by atoms with Crippen molar-refractivity contribution in [3.63, 3.8) is 0 Å². The smallest absolute Gasteiger partial charge is 0.313 e. The standard InChI is InChI=1S/C36H50N14O25P4/c1-12(2)69-23-15(71-33(22(23)53)48-9-39-17-26(48)41-13(3)42-29(17)54)7-66-76(57,58)73-24-16(72-34(25(24)65-5)49-10-40-18-27(49)43-35(37)45-30(18)55)8-68-78(61,62)75-79(63,64)74-77(59,60)67-6-14-20(51)21(52)32(70-14)50-11-47(4)19-28(50)44-36(38)46-31(19)56/h9-12,14-16,20-25,32-34,51-53H,6-8H2,1-5H3,(H10-,37,38,41,42,43,44,45,46,54,55,56,57,58,59,60,61,62,63,64)/p-3/t14-,15-,16-,20+,21?,22?,23+,24+,25?,32-,33-,34-/m1/s1. The molecule has 10 N–H and O–H groups in total.